The fourth-order valence-electron chi connectivity index (χ4n) is 2.45. The van der Waals surface area contributed by atoms with Crippen LogP contribution >= 0.6 is 11.6 Å². The summed E-state index contributed by atoms with van der Waals surface area (Å²) in [4.78, 5) is 0. The number of hydrogen-bond donors (Lipinski definition) is 1. The van der Waals surface area contributed by atoms with Gasteiger partial charge in [0.15, 0.2) is 0 Å². The van der Waals surface area contributed by atoms with E-state index in [1.54, 1.807) is 0 Å². The lowest BCUT2D eigenvalue weighted by Crippen LogP contribution is -2.03. The third-order valence-electron chi connectivity index (χ3n) is 3.45. The van der Waals surface area contributed by atoms with E-state index in [1.807, 2.05) is 37.3 Å². The zero-order valence-corrected chi connectivity index (χ0v) is 13.0. The lowest BCUT2D eigenvalue weighted by atomic mass is 9.94. The van der Waals surface area contributed by atoms with E-state index in [1.165, 1.54) is 5.56 Å². The number of hydrogen-bond acceptors (Lipinski definition) is 1. The normalized spacial score (nSPS) is 12.7. The molecule has 0 saturated heterocycles. The summed E-state index contributed by atoms with van der Waals surface area (Å²) < 4.78 is 0. The number of aliphatic hydroxyl groups is 1. The largest absolute Gasteiger partial charge is 0.384 e. The van der Waals surface area contributed by atoms with E-state index in [4.69, 9.17) is 11.6 Å². The van der Waals surface area contributed by atoms with Gasteiger partial charge in [0.2, 0.25) is 0 Å². The van der Waals surface area contributed by atoms with Crippen molar-refractivity contribution in [1.82, 2.24) is 0 Å². The molecule has 2 heteroatoms. The molecule has 0 radical (unpaired) electrons. The SMILES string of the molecule is Cc1ccc(Cl)cc1C(O)c1cccc(CC(C)C)c1. The van der Waals surface area contributed by atoms with E-state index in [0.29, 0.717) is 10.9 Å². The molecule has 0 spiro atoms. The second kappa shape index (κ2) is 6.43. The first-order valence-electron chi connectivity index (χ1n) is 7.00. The molecule has 2 aromatic rings. The fraction of sp³-hybridized carbons (Fsp3) is 0.333. The van der Waals surface area contributed by atoms with E-state index >= 15 is 0 Å². The van der Waals surface area contributed by atoms with Gasteiger partial charge in [-0.05, 0) is 53.6 Å². The van der Waals surface area contributed by atoms with Crippen LogP contribution in [0.3, 0.4) is 0 Å². The highest BCUT2D eigenvalue weighted by Crippen LogP contribution is 2.28. The Balaban J connectivity index is 2.33. The van der Waals surface area contributed by atoms with E-state index in [0.717, 1.165) is 23.1 Å². The van der Waals surface area contributed by atoms with E-state index < -0.39 is 6.10 Å². The Bertz CT molecular complexity index is 590. The highest BCUT2D eigenvalue weighted by Gasteiger charge is 2.14. The van der Waals surface area contributed by atoms with Crippen LogP contribution in [0.5, 0.6) is 0 Å². The standard InChI is InChI=1S/C18H21ClO/c1-12(2)9-14-5-4-6-15(10-14)18(20)17-11-16(19)8-7-13(17)3/h4-8,10-12,18,20H,9H2,1-3H3. The van der Waals surface area contributed by atoms with Gasteiger partial charge < -0.3 is 5.11 Å². The molecule has 20 heavy (non-hydrogen) atoms. The van der Waals surface area contributed by atoms with Gasteiger partial charge in [-0.1, -0.05) is 55.8 Å². The average molecular weight is 289 g/mol. The van der Waals surface area contributed by atoms with E-state index in [2.05, 4.69) is 26.0 Å². The van der Waals surface area contributed by atoms with Gasteiger partial charge in [-0.25, -0.2) is 0 Å². The molecule has 2 aromatic carbocycles. The van der Waals surface area contributed by atoms with Gasteiger partial charge >= 0.3 is 0 Å². The van der Waals surface area contributed by atoms with Gasteiger partial charge in [-0.15, -0.1) is 0 Å². The van der Waals surface area contributed by atoms with Crippen molar-refractivity contribution in [3.05, 3.63) is 69.7 Å². The predicted molar refractivity (Wildman–Crippen MR) is 85.2 cm³/mol. The van der Waals surface area contributed by atoms with Crippen LogP contribution in [-0.4, -0.2) is 5.11 Å². The monoisotopic (exact) mass is 288 g/mol. The number of aryl methyl sites for hydroxylation is 1. The topological polar surface area (TPSA) is 20.2 Å². The second-order valence-electron chi connectivity index (χ2n) is 5.75. The predicted octanol–water partition coefficient (Wildman–Crippen LogP) is 4.93. The minimum atomic E-state index is -0.624. The minimum Gasteiger partial charge on any atom is -0.384 e. The van der Waals surface area contributed by atoms with Crippen LogP contribution in [0.1, 0.15) is 42.2 Å². The number of halogens is 1. The first kappa shape index (κ1) is 15.1. The van der Waals surface area contributed by atoms with Crippen molar-refractivity contribution in [1.29, 1.82) is 0 Å². The van der Waals surface area contributed by atoms with Crippen LogP contribution in [0.25, 0.3) is 0 Å². The molecule has 0 bridgehead atoms. The van der Waals surface area contributed by atoms with Gasteiger partial charge in [0, 0.05) is 5.02 Å². The molecule has 1 atom stereocenters. The Morgan fingerprint density at radius 3 is 2.55 bits per heavy atom. The van der Waals surface area contributed by atoms with Crippen molar-refractivity contribution in [2.75, 3.05) is 0 Å². The molecule has 0 heterocycles. The summed E-state index contributed by atoms with van der Waals surface area (Å²) in [7, 11) is 0. The minimum absolute atomic E-state index is 0.607. The Morgan fingerprint density at radius 2 is 1.85 bits per heavy atom. The Morgan fingerprint density at radius 1 is 1.10 bits per heavy atom. The summed E-state index contributed by atoms with van der Waals surface area (Å²) in [5, 5.41) is 11.3. The average Bonchev–Trinajstić information content (AvgIpc) is 2.40. The molecule has 106 valence electrons. The molecule has 1 N–H and O–H groups in total. The molecule has 2 rings (SSSR count). The maximum absolute atomic E-state index is 10.6. The highest BCUT2D eigenvalue weighted by molar-refractivity contribution is 6.30. The van der Waals surface area contributed by atoms with Gasteiger partial charge in [0.05, 0.1) is 0 Å². The van der Waals surface area contributed by atoms with Crippen molar-refractivity contribution in [3.8, 4) is 0 Å². The molecule has 0 aliphatic rings. The lowest BCUT2D eigenvalue weighted by Gasteiger charge is -2.16. The molecule has 0 aliphatic heterocycles. The van der Waals surface area contributed by atoms with Crippen LogP contribution < -0.4 is 0 Å². The third-order valence-corrected chi connectivity index (χ3v) is 3.68. The quantitative estimate of drug-likeness (QED) is 0.846. The molecule has 1 unspecified atom stereocenters. The molecule has 0 amide bonds. The summed E-state index contributed by atoms with van der Waals surface area (Å²) in [6.45, 7) is 6.39. The molecule has 1 nitrogen and oxygen atoms in total. The summed E-state index contributed by atoms with van der Waals surface area (Å²) in [6.07, 6.45) is 0.399. The summed E-state index contributed by atoms with van der Waals surface area (Å²) in [6, 6.07) is 13.8. The molecule has 0 fully saturated rings. The molecular formula is C18H21ClO. The van der Waals surface area contributed by atoms with Crippen LogP contribution in [0, 0.1) is 12.8 Å². The summed E-state index contributed by atoms with van der Waals surface area (Å²) in [5.74, 6) is 0.607. The Labute approximate surface area is 126 Å². The van der Waals surface area contributed by atoms with Crippen LogP contribution in [0.2, 0.25) is 5.02 Å². The van der Waals surface area contributed by atoms with Gasteiger partial charge in [-0.2, -0.15) is 0 Å². The van der Waals surface area contributed by atoms with Gasteiger partial charge in [0.25, 0.3) is 0 Å². The maximum atomic E-state index is 10.6. The second-order valence-corrected chi connectivity index (χ2v) is 6.18. The first-order chi connectivity index (χ1) is 9.47. The number of benzene rings is 2. The zero-order valence-electron chi connectivity index (χ0n) is 12.2. The lowest BCUT2D eigenvalue weighted by molar-refractivity contribution is 0.219. The van der Waals surface area contributed by atoms with E-state index in [-0.39, 0.29) is 0 Å². The van der Waals surface area contributed by atoms with E-state index in [9.17, 15) is 5.11 Å². The van der Waals surface area contributed by atoms with Crippen LogP contribution in [0.4, 0.5) is 0 Å². The first-order valence-corrected chi connectivity index (χ1v) is 7.38. The number of rotatable bonds is 4. The smallest absolute Gasteiger partial charge is 0.104 e. The van der Waals surface area contributed by atoms with Crippen molar-refractivity contribution < 1.29 is 5.11 Å². The summed E-state index contributed by atoms with van der Waals surface area (Å²) >= 11 is 6.04. The van der Waals surface area contributed by atoms with Gasteiger partial charge in [-0.3, -0.25) is 0 Å². The van der Waals surface area contributed by atoms with Crippen molar-refractivity contribution >= 4 is 11.6 Å². The van der Waals surface area contributed by atoms with Gasteiger partial charge in [0.1, 0.15) is 6.10 Å². The van der Waals surface area contributed by atoms with Crippen molar-refractivity contribution in [2.45, 2.75) is 33.3 Å². The highest BCUT2D eigenvalue weighted by atomic mass is 35.5. The Kier molecular flexibility index (Phi) is 4.85. The van der Waals surface area contributed by atoms with Crippen LogP contribution in [-0.2, 0) is 6.42 Å². The van der Waals surface area contributed by atoms with Crippen LogP contribution in [0.15, 0.2) is 42.5 Å². The Hall–Kier alpha value is -1.31. The zero-order chi connectivity index (χ0) is 14.7. The maximum Gasteiger partial charge on any atom is 0.104 e. The van der Waals surface area contributed by atoms with Crippen molar-refractivity contribution in [3.63, 3.8) is 0 Å². The molecular weight excluding hydrogens is 268 g/mol. The fourth-order valence-corrected chi connectivity index (χ4v) is 2.63. The molecule has 0 saturated carbocycles. The van der Waals surface area contributed by atoms with Crippen molar-refractivity contribution in [2.24, 2.45) is 5.92 Å². The molecule has 0 aliphatic carbocycles. The third kappa shape index (κ3) is 3.62. The summed E-state index contributed by atoms with van der Waals surface area (Å²) in [5.41, 5.74) is 4.11. The molecule has 0 aromatic heterocycles. The number of aliphatic hydroxyl groups excluding tert-OH is 1.